The monoisotopic (exact) mass is 657 g/mol. The fourth-order valence-corrected chi connectivity index (χ4v) is 14.3. The minimum atomic E-state index is -0.388. The molecule has 4 fully saturated rings. The first-order valence-corrected chi connectivity index (χ1v) is 22.6. The molecule has 0 N–H and O–H groups in total. The lowest BCUT2D eigenvalue weighted by molar-refractivity contribution is 0.0254. The van der Waals surface area contributed by atoms with Gasteiger partial charge in [0.1, 0.15) is 0 Å². The van der Waals surface area contributed by atoms with Crippen LogP contribution in [0.4, 0.5) is 0 Å². The molecule has 2 aromatic carbocycles. The van der Waals surface area contributed by atoms with Crippen LogP contribution in [0, 0.1) is 23.7 Å². The Labute approximate surface area is 293 Å². The fraction of sp³-hybridized carbons (Fsp3) is 0.739. The summed E-state index contributed by atoms with van der Waals surface area (Å²) >= 11 is 0. The van der Waals surface area contributed by atoms with Gasteiger partial charge >= 0.3 is 0 Å². The zero-order valence-corrected chi connectivity index (χ0v) is 32.8. The lowest BCUT2D eigenvalue weighted by atomic mass is 9.56. The first-order valence-electron chi connectivity index (χ1n) is 21.1. The molecule has 4 aliphatic carbocycles. The van der Waals surface area contributed by atoms with E-state index in [2.05, 4.69) is 65.8 Å². The third kappa shape index (κ3) is 8.79. The molecule has 0 saturated heterocycles. The summed E-state index contributed by atoms with van der Waals surface area (Å²) in [7, 11) is -0.388. The molecule has 262 valence electrons. The van der Waals surface area contributed by atoms with E-state index in [9.17, 15) is 0 Å². The van der Waals surface area contributed by atoms with E-state index in [1.54, 1.807) is 43.2 Å². The molecular formula is C46H73P. The Morgan fingerprint density at radius 2 is 0.766 bits per heavy atom. The molecule has 0 unspecified atom stereocenters. The topological polar surface area (TPSA) is 0 Å². The van der Waals surface area contributed by atoms with Crippen molar-refractivity contribution in [3.63, 3.8) is 0 Å². The molecule has 4 bridgehead atoms. The predicted molar refractivity (Wildman–Crippen MR) is 212 cm³/mol. The minimum Gasteiger partial charge on any atom is -0.0654 e. The molecule has 0 nitrogen and oxygen atoms in total. The number of hydrogen-bond donors (Lipinski definition) is 0. The van der Waals surface area contributed by atoms with Crippen LogP contribution in [0.25, 0.3) is 0 Å². The second kappa shape index (κ2) is 18.7. The summed E-state index contributed by atoms with van der Waals surface area (Å²) in [5.41, 5.74) is 11.6. The van der Waals surface area contributed by atoms with Crippen LogP contribution in [-0.2, 0) is 38.5 Å². The van der Waals surface area contributed by atoms with Crippen molar-refractivity contribution in [3.8, 4) is 0 Å². The molecule has 0 heterocycles. The van der Waals surface area contributed by atoms with Crippen molar-refractivity contribution in [2.24, 2.45) is 23.7 Å². The molecule has 47 heavy (non-hydrogen) atoms. The quantitative estimate of drug-likeness (QED) is 0.117. The number of hydrogen-bond acceptors (Lipinski definition) is 0. The van der Waals surface area contributed by atoms with E-state index in [0.29, 0.717) is 0 Å². The molecule has 2 aromatic rings. The van der Waals surface area contributed by atoms with Crippen LogP contribution in [0.2, 0.25) is 0 Å². The molecule has 4 aliphatic rings. The Hall–Kier alpha value is -1.13. The van der Waals surface area contributed by atoms with E-state index in [-0.39, 0.29) is 7.92 Å². The first kappa shape index (κ1) is 37.1. The van der Waals surface area contributed by atoms with E-state index in [1.165, 1.54) is 116 Å². The van der Waals surface area contributed by atoms with E-state index >= 15 is 0 Å². The molecule has 0 atom stereocenters. The Balaban J connectivity index is 1.75. The highest BCUT2D eigenvalue weighted by atomic mass is 31.1. The smallest absolute Gasteiger partial charge is 0.00715 e. The molecule has 0 aromatic heterocycles. The summed E-state index contributed by atoms with van der Waals surface area (Å²) in [6, 6.07) is 10.9. The van der Waals surface area contributed by atoms with Gasteiger partial charge in [-0.25, -0.2) is 0 Å². The van der Waals surface area contributed by atoms with Gasteiger partial charge in [-0.3, -0.25) is 0 Å². The van der Waals surface area contributed by atoms with E-state index in [4.69, 9.17) is 0 Å². The summed E-state index contributed by atoms with van der Waals surface area (Å²) in [6.45, 7) is 14.4. The maximum absolute atomic E-state index is 2.77. The van der Waals surface area contributed by atoms with E-state index in [1.807, 2.05) is 32.9 Å². The third-order valence-electron chi connectivity index (χ3n) is 12.7. The van der Waals surface area contributed by atoms with Crippen LogP contribution in [0.3, 0.4) is 0 Å². The highest BCUT2D eigenvalue weighted by Gasteiger charge is 2.51. The van der Waals surface area contributed by atoms with Crippen molar-refractivity contribution in [3.05, 3.63) is 57.6 Å². The van der Waals surface area contributed by atoms with Gasteiger partial charge in [-0.05, 0) is 190 Å². The SMILES string of the molecule is CCCCc1ccc(P(c2ccc(CCCC)c(CCCC)c2CCCC)C2C3CC4CC(C3)CC2C4)c(CCCC)c1CCCC. The Morgan fingerprint density at radius 1 is 0.426 bits per heavy atom. The normalized spacial score (nSPS) is 23.3. The summed E-state index contributed by atoms with van der Waals surface area (Å²) in [4.78, 5) is 0. The summed E-state index contributed by atoms with van der Waals surface area (Å²) < 4.78 is 0. The number of aryl methyl sites for hydroxylation is 2. The molecule has 0 radical (unpaired) electrons. The maximum Gasteiger partial charge on any atom is -0.00715 e. The van der Waals surface area contributed by atoms with Crippen LogP contribution < -0.4 is 10.6 Å². The lowest BCUT2D eigenvalue weighted by Crippen LogP contribution is -2.49. The van der Waals surface area contributed by atoms with Gasteiger partial charge in [-0.2, -0.15) is 0 Å². The largest absolute Gasteiger partial charge is 0.0654 e. The molecule has 4 saturated carbocycles. The van der Waals surface area contributed by atoms with Crippen molar-refractivity contribution in [2.45, 2.75) is 195 Å². The van der Waals surface area contributed by atoms with Crippen LogP contribution in [0.5, 0.6) is 0 Å². The van der Waals surface area contributed by atoms with Crippen LogP contribution in [0.1, 0.15) is 184 Å². The Kier molecular flexibility index (Phi) is 14.8. The van der Waals surface area contributed by atoms with Gasteiger partial charge in [-0.1, -0.05) is 104 Å². The van der Waals surface area contributed by atoms with Crippen molar-refractivity contribution in [1.29, 1.82) is 0 Å². The van der Waals surface area contributed by atoms with Crippen molar-refractivity contribution < 1.29 is 0 Å². The molecular weight excluding hydrogens is 583 g/mol. The molecule has 0 aliphatic heterocycles. The Morgan fingerprint density at radius 3 is 1.13 bits per heavy atom. The Bertz CT molecular complexity index is 1130. The van der Waals surface area contributed by atoms with Gasteiger partial charge in [0.2, 0.25) is 0 Å². The number of unbranched alkanes of at least 4 members (excludes halogenated alkanes) is 6. The lowest BCUT2D eigenvalue weighted by Gasteiger charge is -2.57. The van der Waals surface area contributed by atoms with Crippen molar-refractivity contribution in [1.82, 2.24) is 0 Å². The minimum absolute atomic E-state index is 0.388. The van der Waals surface area contributed by atoms with Crippen LogP contribution >= 0.6 is 7.92 Å². The van der Waals surface area contributed by atoms with Crippen LogP contribution in [0.15, 0.2) is 24.3 Å². The number of rotatable bonds is 21. The summed E-state index contributed by atoms with van der Waals surface area (Å²) in [5.74, 6) is 4.01. The van der Waals surface area contributed by atoms with Crippen LogP contribution in [-0.4, -0.2) is 5.66 Å². The van der Waals surface area contributed by atoms with Crippen molar-refractivity contribution in [2.75, 3.05) is 0 Å². The van der Waals surface area contributed by atoms with E-state index in [0.717, 1.165) is 29.3 Å². The van der Waals surface area contributed by atoms with E-state index < -0.39 is 0 Å². The van der Waals surface area contributed by atoms with Gasteiger partial charge in [0.15, 0.2) is 0 Å². The second-order valence-electron chi connectivity index (χ2n) is 16.3. The molecule has 0 amide bonds. The van der Waals surface area contributed by atoms with Gasteiger partial charge in [0.05, 0.1) is 0 Å². The van der Waals surface area contributed by atoms with Gasteiger partial charge in [-0.15, -0.1) is 0 Å². The van der Waals surface area contributed by atoms with Crippen molar-refractivity contribution >= 4 is 18.5 Å². The fourth-order valence-electron chi connectivity index (χ4n) is 10.5. The third-order valence-corrected chi connectivity index (χ3v) is 16.0. The maximum atomic E-state index is 2.77. The number of benzene rings is 2. The standard InChI is InChI=1S/C46H73P/c1-7-13-19-36-25-27-44(42(23-17-11-5)40(36)21-15-9-3)47(46-38-30-34-29-35(32-38)33-39(46)31-34)45-28-26-37(20-14-8-2)41(22-16-10-4)43(45)24-18-12-6/h25-28,34-35,38-39,46H,7-24,29-33H2,1-6H3. The van der Waals surface area contributed by atoms with Gasteiger partial charge in [0.25, 0.3) is 0 Å². The van der Waals surface area contributed by atoms with Gasteiger partial charge in [0, 0.05) is 0 Å². The average molecular weight is 657 g/mol. The average Bonchev–Trinajstić information content (AvgIpc) is 3.08. The summed E-state index contributed by atoms with van der Waals surface area (Å²) in [6.07, 6.45) is 31.3. The predicted octanol–water partition coefficient (Wildman–Crippen LogP) is 13.0. The summed E-state index contributed by atoms with van der Waals surface area (Å²) in [5, 5.41) is 3.72. The molecule has 1 heteroatoms. The highest BCUT2D eigenvalue weighted by Crippen LogP contribution is 2.63. The highest BCUT2D eigenvalue weighted by molar-refractivity contribution is 7.73. The zero-order chi connectivity index (χ0) is 33.2. The first-order chi connectivity index (χ1) is 23.1. The zero-order valence-electron chi connectivity index (χ0n) is 31.9. The second-order valence-corrected chi connectivity index (χ2v) is 18.6. The molecule has 6 rings (SSSR count). The van der Waals surface area contributed by atoms with Gasteiger partial charge < -0.3 is 0 Å². The molecule has 0 spiro atoms.